The summed E-state index contributed by atoms with van der Waals surface area (Å²) in [6.07, 6.45) is 8.47. The molecule has 1 heterocycles. The van der Waals surface area contributed by atoms with Crippen LogP contribution in [-0.4, -0.2) is 7.05 Å². The Labute approximate surface area is 111 Å². The van der Waals surface area contributed by atoms with E-state index in [0.29, 0.717) is 6.04 Å². The Bertz CT molecular complexity index is 315. The highest BCUT2D eigenvalue weighted by Gasteiger charge is 2.23. The summed E-state index contributed by atoms with van der Waals surface area (Å²) in [6.45, 7) is 0. The van der Waals surface area contributed by atoms with E-state index in [2.05, 4.69) is 40.4 Å². The third-order valence-corrected chi connectivity index (χ3v) is 5.29. The fraction of sp³-hybridized carbons (Fsp3) is 0.692. The molecule has 16 heavy (non-hydrogen) atoms. The molecule has 90 valence electrons. The average Bonchev–Trinajstić information content (AvgIpc) is 2.55. The maximum Gasteiger partial charge on any atom is 0.0701 e. The predicted octanol–water partition coefficient (Wildman–Crippen LogP) is 4.74. The van der Waals surface area contributed by atoms with Crippen LogP contribution in [0.15, 0.2) is 15.9 Å². The molecule has 3 heteroatoms. The van der Waals surface area contributed by atoms with Gasteiger partial charge in [-0.1, -0.05) is 25.7 Å². The van der Waals surface area contributed by atoms with Crippen molar-refractivity contribution in [3.63, 3.8) is 0 Å². The van der Waals surface area contributed by atoms with Gasteiger partial charge in [-0.25, -0.2) is 0 Å². The van der Waals surface area contributed by atoms with E-state index in [4.69, 9.17) is 0 Å². The van der Waals surface area contributed by atoms with E-state index >= 15 is 0 Å². The lowest BCUT2D eigenvalue weighted by Gasteiger charge is -2.24. The van der Waals surface area contributed by atoms with E-state index in [-0.39, 0.29) is 0 Å². The van der Waals surface area contributed by atoms with Gasteiger partial charge >= 0.3 is 0 Å². The molecule has 2 rings (SSSR count). The molecule has 1 aromatic heterocycles. The van der Waals surface area contributed by atoms with Crippen LogP contribution in [0, 0.1) is 5.92 Å². The van der Waals surface area contributed by atoms with E-state index < -0.39 is 0 Å². The molecule has 1 saturated carbocycles. The number of thiophene rings is 1. The van der Waals surface area contributed by atoms with Crippen molar-refractivity contribution < 1.29 is 0 Å². The van der Waals surface area contributed by atoms with Gasteiger partial charge in [-0.2, -0.15) is 0 Å². The number of halogens is 1. The van der Waals surface area contributed by atoms with Crippen LogP contribution in [-0.2, 0) is 0 Å². The summed E-state index contributed by atoms with van der Waals surface area (Å²) < 4.78 is 1.25. The first-order valence-corrected chi connectivity index (χ1v) is 7.84. The minimum atomic E-state index is 0.564. The zero-order valence-electron chi connectivity index (χ0n) is 9.84. The molecular formula is C13H20BrNS. The summed E-state index contributed by atoms with van der Waals surface area (Å²) in [4.78, 5) is 1.49. The molecule has 0 bridgehead atoms. The van der Waals surface area contributed by atoms with Crippen molar-refractivity contribution >= 4 is 27.3 Å². The first-order valence-electron chi connectivity index (χ1n) is 6.24. The molecule has 1 aliphatic rings. The van der Waals surface area contributed by atoms with E-state index in [1.165, 1.54) is 47.2 Å². The summed E-state index contributed by atoms with van der Waals surface area (Å²) in [5, 5.41) is 3.52. The molecule has 1 N–H and O–H groups in total. The number of hydrogen-bond acceptors (Lipinski definition) is 2. The Morgan fingerprint density at radius 2 is 1.94 bits per heavy atom. The first-order chi connectivity index (χ1) is 7.81. The van der Waals surface area contributed by atoms with Gasteiger partial charge in [0.15, 0.2) is 0 Å². The van der Waals surface area contributed by atoms with Gasteiger partial charge in [-0.3, -0.25) is 0 Å². The zero-order valence-corrected chi connectivity index (χ0v) is 12.2. The largest absolute Gasteiger partial charge is 0.312 e. The van der Waals surface area contributed by atoms with Crippen molar-refractivity contribution in [3.05, 3.63) is 20.8 Å². The quantitative estimate of drug-likeness (QED) is 0.795. The normalized spacial score (nSPS) is 20.6. The van der Waals surface area contributed by atoms with Crippen LogP contribution in [0.1, 0.15) is 49.4 Å². The van der Waals surface area contributed by atoms with Crippen molar-refractivity contribution in [2.45, 2.75) is 44.6 Å². The van der Waals surface area contributed by atoms with Crippen molar-refractivity contribution in [3.8, 4) is 0 Å². The molecule has 0 radical (unpaired) electrons. The van der Waals surface area contributed by atoms with Gasteiger partial charge in [0, 0.05) is 10.9 Å². The molecule has 0 amide bonds. The second kappa shape index (κ2) is 6.18. The highest BCUT2D eigenvalue weighted by atomic mass is 79.9. The van der Waals surface area contributed by atoms with Gasteiger partial charge in [0.05, 0.1) is 3.79 Å². The lowest BCUT2D eigenvalue weighted by molar-refractivity contribution is 0.346. The van der Waals surface area contributed by atoms with Crippen molar-refractivity contribution in [1.82, 2.24) is 5.32 Å². The Kier molecular flexibility index (Phi) is 4.86. The van der Waals surface area contributed by atoms with Crippen LogP contribution in [0.4, 0.5) is 0 Å². The molecule has 0 aliphatic heterocycles. The van der Waals surface area contributed by atoms with Gasteiger partial charge < -0.3 is 5.32 Å². The molecule has 1 aliphatic carbocycles. The number of hydrogen-bond donors (Lipinski definition) is 1. The Morgan fingerprint density at radius 3 is 2.44 bits per heavy atom. The highest BCUT2D eigenvalue weighted by molar-refractivity contribution is 9.11. The Balaban J connectivity index is 2.08. The summed E-state index contributed by atoms with van der Waals surface area (Å²) in [5.74, 6) is 0.832. The van der Waals surface area contributed by atoms with Crippen molar-refractivity contribution in [1.29, 1.82) is 0 Å². The molecule has 1 aromatic rings. The smallest absolute Gasteiger partial charge is 0.0701 e. The summed E-state index contributed by atoms with van der Waals surface area (Å²) in [7, 11) is 2.10. The number of nitrogens with one attached hydrogen (secondary N) is 1. The standard InChI is InChI=1S/C13H20BrNS/c1-15-13(11-8-9-12(14)16-11)10-6-4-2-3-5-7-10/h8-10,13,15H,2-7H2,1H3. The van der Waals surface area contributed by atoms with Crippen molar-refractivity contribution in [2.24, 2.45) is 5.92 Å². The Morgan fingerprint density at radius 1 is 1.25 bits per heavy atom. The molecule has 1 fully saturated rings. The van der Waals surface area contributed by atoms with Crippen LogP contribution >= 0.6 is 27.3 Å². The SMILES string of the molecule is CNC(c1ccc(Br)s1)C1CCCCCC1. The topological polar surface area (TPSA) is 12.0 Å². The fourth-order valence-corrected chi connectivity index (χ4v) is 4.38. The molecule has 0 aromatic carbocycles. The van der Waals surface area contributed by atoms with Gasteiger partial charge in [-0.15, -0.1) is 11.3 Å². The lowest BCUT2D eigenvalue weighted by atomic mass is 9.91. The summed E-state index contributed by atoms with van der Waals surface area (Å²) >= 11 is 5.43. The molecule has 1 atom stereocenters. The Hall–Kier alpha value is 0.140. The van der Waals surface area contributed by atoms with Gasteiger partial charge in [-0.05, 0) is 53.9 Å². The maximum absolute atomic E-state index is 3.56. The number of rotatable bonds is 3. The first kappa shape index (κ1) is 12.6. The second-order valence-electron chi connectivity index (χ2n) is 4.66. The highest BCUT2D eigenvalue weighted by Crippen LogP contribution is 2.37. The van der Waals surface area contributed by atoms with Crippen LogP contribution < -0.4 is 5.32 Å². The van der Waals surface area contributed by atoms with E-state index in [1.807, 2.05) is 11.3 Å². The van der Waals surface area contributed by atoms with Gasteiger partial charge in [0.25, 0.3) is 0 Å². The average molecular weight is 302 g/mol. The van der Waals surface area contributed by atoms with Crippen molar-refractivity contribution in [2.75, 3.05) is 7.05 Å². The van der Waals surface area contributed by atoms with Crippen LogP contribution in [0.5, 0.6) is 0 Å². The molecule has 0 saturated heterocycles. The third kappa shape index (κ3) is 3.08. The zero-order chi connectivity index (χ0) is 11.4. The summed E-state index contributed by atoms with van der Waals surface area (Å²) in [5.41, 5.74) is 0. The van der Waals surface area contributed by atoms with E-state index in [1.54, 1.807) is 0 Å². The third-order valence-electron chi connectivity index (χ3n) is 3.58. The van der Waals surface area contributed by atoms with Gasteiger partial charge in [0.1, 0.15) is 0 Å². The van der Waals surface area contributed by atoms with Crippen LogP contribution in [0.2, 0.25) is 0 Å². The van der Waals surface area contributed by atoms with Gasteiger partial charge in [0.2, 0.25) is 0 Å². The van der Waals surface area contributed by atoms with E-state index in [9.17, 15) is 0 Å². The lowest BCUT2D eigenvalue weighted by Crippen LogP contribution is -2.24. The molecule has 1 unspecified atom stereocenters. The second-order valence-corrected chi connectivity index (χ2v) is 7.15. The fourth-order valence-electron chi connectivity index (χ4n) is 2.75. The monoisotopic (exact) mass is 301 g/mol. The minimum absolute atomic E-state index is 0.564. The van der Waals surface area contributed by atoms with Crippen LogP contribution in [0.25, 0.3) is 0 Å². The van der Waals surface area contributed by atoms with E-state index in [0.717, 1.165) is 5.92 Å². The minimum Gasteiger partial charge on any atom is -0.312 e. The molecule has 0 spiro atoms. The predicted molar refractivity (Wildman–Crippen MR) is 75.0 cm³/mol. The maximum atomic E-state index is 3.56. The summed E-state index contributed by atoms with van der Waals surface area (Å²) in [6, 6.07) is 5.00. The molecule has 1 nitrogen and oxygen atoms in total. The molecular weight excluding hydrogens is 282 g/mol. The van der Waals surface area contributed by atoms with Crippen LogP contribution in [0.3, 0.4) is 0 Å².